The summed E-state index contributed by atoms with van der Waals surface area (Å²) in [7, 11) is 0. The summed E-state index contributed by atoms with van der Waals surface area (Å²) in [6.07, 6.45) is 3.80. The van der Waals surface area contributed by atoms with Crippen LogP contribution in [0.25, 0.3) is 0 Å². The van der Waals surface area contributed by atoms with Gasteiger partial charge in [-0.2, -0.15) is 0 Å². The van der Waals surface area contributed by atoms with Crippen molar-refractivity contribution in [1.29, 1.82) is 0 Å². The van der Waals surface area contributed by atoms with Gasteiger partial charge >= 0.3 is 0 Å². The van der Waals surface area contributed by atoms with E-state index in [0.717, 1.165) is 18.5 Å². The lowest BCUT2D eigenvalue weighted by Crippen LogP contribution is -2.33. The lowest BCUT2D eigenvalue weighted by Gasteiger charge is -2.24. The van der Waals surface area contributed by atoms with Crippen LogP contribution in [-0.2, 0) is 0 Å². The third-order valence-electron chi connectivity index (χ3n) is 2.55. The molecule has 59 valence electrons. The van der Waals surface area contributed by atoms with Gasteiger partial charge in [0.25, 0.3) is 0 Å². The summed E-state index contributed by atoms with van der Waals surface area (Å²) >= 11 is 0. The van der Waals surface area contributed by atoms with Gasteiger partial charge in [0.1, 0.15) is 0 Å². The van der Waals surface area contributed by atoms with Crippen molar-refractivity contribution in [1.82, 2.24) is 4.90 Å². The van der Waals surface area contributed by atoms with Crippen LogP contribution in [0.15, 0.2) is 0 Å². The fraction of sp³-hybridized carbons (Fsp3) is 0.889. The van der Waals surface area contributed by atoms with Crippen molar-refractivity contribution in [2.75, 3.05) is 6.54 Å². The minimum absolute atomic E-state index is 0.803. The second-order valence-electron chi connectivity index (χ2n) is 3.37. The first-order valence-electron chi connectivity index (χ1n) is 4.30. The maximum atomic E-state index is 3.88. The van der Waals surface area contributed by atoms with Gasteiger partial charge in [-0.05, 0) is 39.7 Å². The highest BCUT2D eigenvalue weighted by atomic mass is 15.2. The topological polar surface area (TPSA) is 3.24 Å². The molecule has 2 atom stereocenters. The van der Waals surface area contributed by atoms with Crippen molar-refractivity contribution < 1.29 is 0 Å². The zero-order chi connectivity index (χ0) is 7.56. The molecule has 0 saturated carbocycles. The smallest absolute Gasteiger partial charge is 0.00703 e. The Morgan fingerprint density at radius 2 is 1.80 bits per heavy atom. The van der Waals surface area contributed by atoms with E-state index in [-0.39, 0.29) is 0 Å². The van der Waals surface area contributed by atoms with E-state index in [4.69, 9.17) is 0 Å². The molecule has 1 heterocycles. The lowest BCUT2D eigenvalue weighted by atomic mass is 10.2. The first-order valence-corrected chi connectivity index (χ1v) is 4.30. The molecule has 0 aromatic carbocycles. The molecule has 1 fully saturated rings. The lowest BCUT2D eigenvalue weighted by molar-refractivity contribution is 0.218. The van der Waals surface area contributed by atoms with Gasteiger partial charge in [0.2, 0.25) is 0 Å². The second-order valence-corrected chi connectivity index (χ2v) is 3.37. The Bertz CT molecular complexity index is 90.9. The highest BCUT2D eigenvalue weighted by Gasteiger charge is 2.25. The Labute approximate surface area is 64.4 Å². The van der Waals surface area contributed by atoms with Crippen LogP contribution in [0.4, 0.5) is 0 Å². The number of hydrogen-bond acceptors (Lipinski definition) is 1. The molecule has 0 aliphatic carbocycles. The predicted octanol–water partition coefficient (Wildman–Crippen LogP) is 2.08. The number of hydrogen-bond donors (Lipinski definition) is 0. The van der Waals surface area contributed by atoms with Crippen LogP contribution in [-0.4, -0.2) is 23.5 Å². The van der Waals surface area contributed by atoms with Crippen molar-refractivity contribution in [2.45, 2.75) is 45.2 Å². The molecule has 1 rings (SSSR count). The minimum Gasteiger partial charge on any atom is -0.298 e. The van der Waals surface area contributed by atoms with Crippen molar-refractivity contribution in [2.24, 2.45) is 0 Å². The summed E-state index contributed by atoms with van der Waals surface area (Å²) in [5, 5.41) is 0. The van der Waals surface area contributed by atoms with Gasteiger partial charge in [-0.1, -0.05) is 6.92 Å². The standard InChI is InChI=1S/C9H18N/c1-4-7-10-8(2)5-6-9(10)3/h8-9H,1,4-7H2,2-3H3/t8-,9?/m1/s1. The van der Waals surface area contributed by atoms with Crippen LogP contribution in [0.2, 0.25) is 0 Å². The molecule has 1 heteroatoms. The normalized spacial score (nSPS) is 35.1. The van der Waals surface area contributed by atoms with Gasteiger partial charge in [-0.3, -0.25) is 4.90 Å². The van der Waals surface area contributed by atoms with Crippen LogP contribution in [0, 0.1) is 6.92 Å². The SMILES string of the molecule is [CH2]CCN1C(C)CC[C@H]1C. The number of likely N-dealkylation sites (tertiary alicyclic amines) is 1. The fourth-order valence-corrected chi connectivity index (χ4v) is 1.87. The molecule has 10 heavy (non-hydrogen) atoms. The van der Waals surface area contributed by atoms with E-state index in [1.54, 1.807) is 0 Å². The van der Waals surface area contributed by atoms with Crippen molar-refractivity contribution in [3.05, 3.63) is 6.92 Å². The van der Waals surface area contributed by atoms with E-state index in [0.29, 0.717) is 0 Å². The fourth-order valence-electron chi connectivity index (χ4n) is 1.87. The van der Waals surface area contributed by atoms with E-state index in [1.165, 1.54) is 19.4 Å². The highest BCUT2D eigenvalue weighted by molar-refractivity contribution is 4.81. The van der Waals surface area contributed by atoms with Crippen molar-refractivity contribution >= 4 is 0 Å². The van der Waals surface area contributed by atoms with E-state index >= 15 is 0 Å². The monoisotopic (exact) mass is 140 g/mol. The molecule has 1 aliphatic rings. The van der Waals surface area contributed by atoms with Gasteiger partial charge in [-0.15, -0.1) is 0 Å². The summed E-state index contributed by atoms with van der Waals surface area (Å²) in [5.41, 5.74) is 0. The number of rotatable bonds is 2. The van der Waals surface area contributed by atoms with Crippen LogP contribution in [0.3, 0.4) is 0 Å². The van der Waals surface area contributed by atoms with E-state index in [1.807, 2.05) is 0 Å². The van der Waals surface area contributed by atoms with E-state index in [9.17, 15) is 0 Å². The molecule has 0 aromatic rings. The zero-order valence-corrected chi connectivity index (χ0v) is 7.14. The van der Waals surface area contributed by atoms with Crippen molar-refractivity contribution in [3.63, 3.8) is 0 Å². The third kappa shape index (κ3) is 1.51. The zero-order valence-electron chi connectivity index (χ0n) is 7.14. The van der Waals surface area contributed by atoms with Crippen LogP contribution in [0.1, 0.15) is 33.1 Å². The van der Waals surface area contributed by atoms with Crippen LogP contribution in [0.5, 0.6) is 0 Å². The van der Waals surface area contributed by atoms with Crippen LogP contribution >= 0.6 is 0 Å². The molecule has 0 N–H and O–H groups in total. The summed E-state index contributed by atoms with van der Waals surface area (Å²) in [4.78, 5) is 2.56. The highest BCUT2D eigenvalue weighted by Crippen LogP contribution is 2.22. The average Bonchev–Trinajstić information content (AvgIpc) is 2.20. The Hall–Kier alpha value is -0.0400. The van der Waals surface area contributed by atoms with Crippen LogP contribution < -0.4 is 0 Å². The van der Waals surface area contributed by atoms with Gasteiger partial charge in [0.15, 0.2) is 0 Å². The Balaban J connectivity index is 2.38. The molecular weight excluding hydrogens is 122 g/mol. The quantitative estimate of drug-likeness (QED) is 0.567. The predicted molar refractivity (Wildman–Crippen MR) is 44.8 cm³/mol. The summed E-state index contributed by atoms with van der Waals surface area (Å²) in [6.45, 7) is 9.70. The minimum atomic E-state index is 0.803. The maximum Gasteiger partial charge on any atom is 0.00703 e. The van der Waals surface area contributed by atoms with E-state index in [2.05, 4.69) is 25.7 Å². The van der Waals surface area contributed by atoms with Gasteiger partial charge in [-0.25, -0.2) is 0 Å². The molecule has 0 spiro atoms. The summed E-state index contributed by atoms with van der Waals surface area (Å²) in [5.74, 6) is 0. The second kappa shape index (κ2) is 3.38. The third-order valence-corrected chi connectivity index (χ3v) is 2.55. The first-order chi connectivity index (χ1) is 4.75. The van der Waals surface area contributed by atoms with E-state index < -0.39 is 0 Å². The Morgan fingerprint density at radius 1 is 1.30 bits per heavy atom. The number of nitrogens with zero attached hydrogens (tertiary/aromatic N) is 1. The molecule has 0 bridgehead atoms. The van der Waals surface area contributed by atoms with Gasteiger partial charge < -0.3 is 0 Å². The van der Waals surface area contributed by atoms with Gasteiger partial charge in [0, 0.05) is 12.1 Å². The summed E-state index contributed by atoms with van der Waals surface area (Å²) < 4.78 is 0. The average molecular weight is 140 g/mol. The largest absolute Gasteiger partial charge is 0.298 e. The molecular formula is C9H18N. The maximum absolute atomic E-state index is 3.88. The molecule has 0 aromatic heterocycles. The molecule has 0 amide bonds. The molecule has 1 saturated heterocycles. The summed E-state index contributed by atoms with van der Waals surface area (Å²) in [6, 6.07) is 1.61. The Kier molecular flexibility index (Phi) is 2.72. The van der Waals surface area contributed by atoms with Crippen molar-refractivity contribution in [3.8, 4) is 0 Å². The molecule has 1 radical (unpaired) electrons. The molecule has 1 nitrogen and oxygen atoms in total. The Morgan fingerprint density at radius 3 is 2.20 bits per heavy atom. The molecule has 1 unspecified atom stereocenters. The molecule has 1 aliphatic heterocycles. The van der Waals surface area contributed by atoms with Gasteiger partial charge in [0.05, 0.1) is 0 Å². The first kappa shape index (κ1) is 8.06.